The molecule has 2 fully saturated rings. The van der Waals surface area contributed by atoms with E-state index in [0.29, 0.717) is 25.5 Å². The number of likely N-dealkylation sites (tertiary alicyclic amines) is 1. The Labute approximate surface area is 208 Å². The number of para-hydroxylation sites is 1. The highest BCUT2D eigenvalue weighted by molar-refractivity contribution is 5.90. The van der Waals surface area contributed by atoms with E-state index >= 15 is 0 Å². The Bertz CT molecular complexity index is 992. The largest absolute Gasteiger partial charge is 0.489 e. The standard InChI is InChI=1S/C29H37NO5/c1-29(2,3)35-28(32)30-18-17-26(31)25(30)20-33-23-15-13-22(14-16-23)24-11-7-8-12-27(24)34-19-21-9-5-4-6-10-21/h4-12,22-23,25H,13-20H2,1-3H3. The molecule has 1 unspecified atom stereocenters. The second-order valence-electron chi connectivity index (χ2n) is 10.5. The Morgan fingerprint density at radius 1 is 0.971 bits per heavy atom. The van der Waals surface area contributed by atoms with Crippen molar-refractivity contribution in [3.8, 4) is 5.75 Å². The molecule has 0 aromatic heterocycles. The lowest BCUT2D eigenvalue weighted by Crippen LogP contribution is -2.44. The Hall–Kier alpha value is -2.86. The maximum absolute atomic E-state index is 12.5. The maximum Gasteiger partial charge on any atom is 0.410 e. The highest BCUT2D eigenvalue weighted by Crippen LogP contribution is 2.38. The van der Waals surface area contributed by atoms with Gasteiger partial charge in [-0.3, -0.25) is 9.69 Å². The molecule has 1 aliphatic heterocycles. The van der Waals surface area contributed by atoms with E-state index < -0.39 is 17.7 Å². The minimum Gasteiger partial charge on any atom is -0.489 e. The predicted molar refractivity (Wildman–Crippen MR) is 135 cm³/mol. The van der Waals surface area contributed by atoms with Crippen LogP contribution in [0.1, 0.15) is 69.9 Å². The van der Waals surface area contributed by atoms with Crippen molar-refractivity contribution in [2.45, 2.75) is 83.1 Å². The number of carbonyl (C=O) groups is 2. The molecule has 1 amide bonds. The van der Waals surface area contributed by atoms with E-state index in [0.717, 1.165) is 37.0 Å². The first-order chi connectivity index (χ1) is 16.8. The summed E-state index contributed by atoms with van der Waals surface area (Å²) in [6, 6.07) is 18.0. The number of Topliss-reactive ketones (excluding diaryl/α,β-unsaturated/α-hetero) is 1. The van der Waals surface area contributed by atoms with Crippen LogP contribution in [0.15, 0.2) is 54.6 Å². The van der Waals surface area contributed by atoms with Crippen LogP contribution in [0.3, 0.4) is 0 Å². The summed E-state index contributed by atoms with van der Waals surface area (Å²) < 4.78 is 17.8. The first-order valence-electron chi connectivity index (χ1n) is 12.7. The molecule has 0 N–H and O–H groups in total. The van der Waals surface area contributed by atoms with Gasteiger partial charge in [0.05, 0.1) is 12.7 Å². The van der Waals surface area contributed by atoms with Crippen molar-refractivity contribution in [3.05, 3.63) is 65.7 Å². The summed E-state index contributed by atoms with van der Waals surface area (Å²) in [5, 5.41) is 0. The van der Waals surface area contributed by atoms with Gasteiger partial charge in [0.25, 0.3) is 0 Å². The molecule has 2 aromatic carbocycles. The van der Waals surface area contributed by atoms with E-state index in [4.69, 9.17) is 14.2 Å². The van der Waals surface area contributed by atoms with Gasteiger partial charge in [-0.1, -0.05) is 48.5 Å². The molecule has 2 aliphatic rings. The predicted octanol–water partition coefficient (Wildman–Crippen LogP) is 5.89. The average molecular weight is 480 g/mol. The fraction of sp³-hybridized carbons (Fsp3) is 0.517. The fourth-order valence-electron chi connectivity index (χ4n) is 4.90. The molecule has 0 spiro atoms. The highest BCUT2D eigenvalue weighted by Gasteiger charge is 2.39. The van der Waals surface area contributed by atoms with Gasteiger partial charge in [0.15, 0.2) is 5.78 Å². The van der Waals surface area contributed by atoms with E-state index in [1.807, 2.05) is 45.0 Å². The molecule has 1 heterocycles. The molecule has 0 radical (unpaired) electrons. The number of ether oxygens (including phenoxy) is 3. The molecule has 2 aromatic rings. The minimum absolute atomic E-state index is 0.0500. The van der Waals surface area contributed by atoms with Crippen molar-refractivity contribution in [2.75, 3.05) is 13.2 Å². The second kappa shape index (κ2) is 11.3. The van der Waals surface area contributed by atoms with Crippen molar-refractivity contribution in [2.24, 2.45) is 0 Å². The second-order valence-corrected chi connectivity index (χ2v) is 10.5. The van der Waals surface area contributed by atoms with Gasteiger partial charge in [-0.05, 0) is 69.6 Å². The average Bonchev–Trinajstić information content (AvgIpc) is 3.22. The number of benzene rings is 2. The van der Waals surface area contributed by atoms with E-state index in [2.05, 4.69) is 30.3 Å². The van der Waals surface area contributed by atoms with Crippen molar-refractivity contribution in [3.63, 3.8) is 0 Å². The van der Waals surface area contributed by atoms with E-state index in [1.54, 1.807) is 0 Å². The lowest BCUT2D eigenvalue weighted by molar-refractivity contribution is -0.122. The number of hydrogen-bond acceptors (Lipinski definition) is 5. The zero-order valence-corrected chi connectivity index (χ0v) is 21.1. The smallest absolute Gasteiger partial charge is 0.410 e. The van der Waals surface area contributed by atoms with Gasteiger partial charge in [-0.2, -0.15) is 0 Å². The van der Waals surface area contributed by atoms with Crippen LogP contribution in [0.4, 0.5) is 4.79 Å². The number of carbonyl (C=O) groups excluding carboxylic acids is 2. The van der Waals surface area contributed by atoms with Crippen molar-refractivity contribution in [1.29, 1.82) is 0 Å². The van der Waals surface area contributed by atoms with Crippen molar-refractivity contribution < 1.29 is 23.8 Å². The van der Waals surface area contributed by atoms with Gasteiger partial charge >= 0.3 is 6.09 Å². The van der Waals surface area contributed by atoms with E-state index in [1.165, 1.54) is 10.5 Å². The first-order valence-corrected chi connectivity index (χ1v) is 12.7. The van der Waals surface area contributed by atoms with Crippen LogP contribution < -0.4 is 4.74 Å². The first kappa shape index (κ1) is 25.2. The van der Waals surface area contributed by atoms with Gasteiger partial charge in [-0.25, -0.2) is 4.79 Å². The van der Waals surface area contributed by atoms with Crippen LogP contribution in [0.5, 0.6) is 5.75 Å². The fourth-order valence-corrected chi connectivity index (χ4v) is 4.90. The van der Waals surface area contributed by atoms with Crippen LogP contribution in [0, 0.1) is 0 Å². The van der Waals surface area contributed by atoms with Crippen molar-refractivity contribution in [1.82, 2.24) is 4.90 Å². The molecule has 6 heteroatoms. The quantitative estimate of drug-likeness (QED) is 0.496. The lowest BCUT2D eigenvalue weighted by atomic mass is 9.82. The number of nitrogens with zero attached hydrogens (tertiary/aromatic N) is 1. The monoisotopic (exact) mass is 479 g/mol. The maximum atomic E-state index is 12.5. The number of amides is 1. The van der Waals surface area contributed by atoms with Crippen LogP contribution in [-0.4, -0.2) is 47.7 Å². The number of rotatable bonds is 7. The van der Waals surface area contributed by atoms with Gasteiger partial charge in [0.1, 0.15) is 24.0 Å². The highest BCUT2D eigenvalue weighted by atomic mass is 16.6. The molecule has 0 bridgehead atoms. The number of hydrogen-bond donors (Lipinski definition) is 0. The summed E-state index contributed by atoms with van der Waals surface area (Å²) in [5.74, 6) is 1.42. The lowest BCUT2D eigenvalue weighted by Gasteiger charge is -2.32. The van der Waals surface area contributed by atoms with Gasteiger partial charge in [-0.15, -0.1) is 0 Å². The molecule has 188 valence electrons. The molecule has 4 rings (SSSR count). The molecule has 1 aliphatic carbocycles. The van der Waals surface area contributed by atoms with Crippen molar-refractivity contribution >= 4 is 11.9 Å². The molecule has 1 saturated heterocycles. The summed E-state index contributed by atoms with van der Waals surface area (Å²) in [6.07, 6.45) is 3.87. The van der Waals surface area contributed by atoms with E-state index in [-0.39, 0.29) is 18.5 Å². The third-order valence-electron chi connectivity index (χ3n) is 6.74. The SMILES string of the molecule is CC(C)(C)OC(=O)N1CCC(=O)C1COC1CCC(c2ccccc2OCc2ccccc2)CC1. The molecule has 6 nitrogen and oxygen atoms in total. The van der Waals surface area contributed by atoms with E-state index in [9.17, 15) is 9.59 Å². The van der Waals surface area contributed by atoms with Crippen LogP contribution in [0.25, 0.3) is 0 Å². The Balaban J connectivity index is 1.28. The Morgan fingerprint density at radius 2 is 1.66 bits per heavy atom. The Morgan fingerprint density at radius 3 is 2.37 bits per heavy atom. The molecular formula is C29H37NO5. The van der Waals surface area contributed by atoms with Gasteiger partial charge in [0, 0.05) is 13.0 Å². The molecular weight excluding hydrogens is 442 g/mol. The zero-order chi connectivity index (χ0) is 24.8. The van der Waals surface area contributed by atoms with Crippen LogP contribution in [-0.2, 0) is 20.9 Å². The summed E-state index contributed by atoms with van der Waals surface area (Å²) in [7, 11) is 0. The number of ketones is 1. The normalized spacial score (nSPS) is 22.8. The van der Waals surface area contributed by atoms with Crippen LogP contribution in [0.2, 0.25) is 0 Å². The molecule has 35 heavy (non-hydrogen) atoms. The zero-order valence-electron chi connectivity index (χ0n) is 21.1. The molecule has 1 saturated carbocycles. The minimum atomic E-state index is -0.590. The summed E-state index contributed by atoms with van der Waals surface area (Å²) in [6.45, 7) is 6.69. The molecule has 1 atom stereocenters. The summed E-state index contributed by atoms with van der Waals surface area (Å²) in [5.41, 5.74) is 1.82. The summed E-state index contributed by atoms with van der Waals surface area (Å²) in [4.78, 5) is 26.5. The third-order valence-corrected chi connectivity index (χ3v) is 6.74. The van der Waals surface area contributed by atoms with Crippen LogP contribution >= 0.6 is 0 Å². The third kappa shape index (κ3) is 6.85. The van der Waals surface area contributed by atoms with Gasteiger partial charge < -0.3 is 14.2 Å². The topological polar surface area (TPSA) is 65.1 Å². The summed E-state index contributed by atoms with van der Waals surface area (Å²) >= 11 is 0. The van der Waals surface area contributed by atoms with Gasteiger partial charge in [0.2, 0.25) is 0 Å². The Kier molecular flexibility index (Phi) is 8.11.